The van der Waals surface area contributed by atoms with Crippen LogP contribution in [0.3, 0.4) is 0 Å². The van der Waals surface area contributed by atoms with E-state index >= 15 is 0 Å². The summed E-state index contributed by atoms with van der Waals surface area (Å²) >= 11 is 9.76. The molecule has 3 rings (SSSR count). The van der Waals surface area contributed by atoms with E-state index in [-0.39, 0.29) is 0 Å². The number of rotatable bonds is 0. The van der Waals surface area contributed by atoms with Crippen LogP contribution >= 0.6 is 27.5 Å². The van der Waals surface area contributed by atoms with Crippen molar-refractivity contribution >= 4 is 33.1 Å². The monoisotopic (exact) mass is 329 g/mol. The molecule has 19 heavy (non-hydrogen) atoms. The second-order valence-electron chi connectivity index (χ2n) is 4.52. The molecule has 92 valence electrons. The zero-order valence-corrected chi connectivity index (χ0v) is 12.3. The smallest absolute Gasteiger partial charge is 0.0998 e. The van der Waals surface area contributed by atoms with Gasteiger partial charge in [0.25, 0.3) is 0 Å². The minimum absolute atomic E-state index is 0.637. The fourth-order valence-corrected chi connectivity index (χ4v) is 3.19. The van der Waals surface area contributed by atoms with Gasteiger partial charge >= 0.3 is 0 Å². The first-order valence-corrected chi connectivity index (χ1v) is 6.98. The van der Waals surface area contributed by atoms with Crippen molar-refractivity contribution in [1.82, 2.24) is 0 Å². The Morgan fingerprint density at radius 1 is 1.26 bits per heavy atom. The molecule has 0 fully saturated rings. The van der Waals surface area contributed by atoms with E-state index in [1.54, 1.807) is 12.1 Å². The Bertz CT molecular complexity index is 756. The van der Waals surface area contributed by atoms with Gasteiger partial charge in [-0.25, -0.2) is 0 Å². The summed E-state index contributed by atoms with van der Waals surface area (Å²) in [7, 11) is 0. The Balaban J connectivity index is 2.30. The van der Waals surface area contributed by atoms with E-state index in [9.17, 15) is 5.26 Å². The summed E-state index contributed by atoms with van der Waals surface area (Å²) in [5, 5.41) is 9.95. The molecule has 3 heteroatoms. The van der Waals surface area contributed by atoms with E-state index in [1.807, 2.05) is 12.1 Å². The van der Waals surface area contributed by atoms with Crippen molar-refractivity contribution in [3.8, 4) is 6.07 Å². The Kier molecular flexibility index (Phi) is 2.97. The molecule has 1 aliphatic rings. The molecule has 1 nitrogen and oxygen atoms in total. The fraction of sp³-hybridized carbons (Fsp3) is 0.0625. The van der Waals surface area contributed by atoms with Crippen molar-refractivity contribution in [2.45, 2.75) is 6.42 Å². The lowest BCUT2D eigenvalue weighted by Gasteiger charge is -2.24. The molecule has 0 saturated carbocycles. The predicted octanol–water partition coefficient (Wildman–Crippen LogP) is 4.94. The number of hydrogen-bond donors (Lipinski definition) is 0. The Labute approximate surface area is 125 Å². The van der Waals surface area contributed by atoms with Crippen LogP contribution in [0.25, 0.3) is 5.57 Å². The molecule has 0 spiro atoms. The maximum absolute atomic E-state index is 9.25. The molecule has 0 amide bonds. The van der Waals surface area contributed by atoms with Crippen LogP contribution in [-0.2, 0) is 6.42 Å². The predicted molar refractivity (Wildman–Crippen MR) is 81.3 cm³/mol. The van der Waals surface area contributed by atoms with Gasteiger partial charge in [-0.05, 0) is 46.5 Å². The lowest BCUT2D eigenvalue weighted by molar-refractivity contribution is 1.13. The summed E-state index contributed by atoms with van der Waals surface area (Å²) in [6.45, 7) is 4.15. The van der Waals surface area contributed by atoms with Crippen LogP contribution in [0.5, 0.6) is 0 Å². The molecule has 0 bridgehead atoms. The molecule has 0 unspecified atom stereocenters. The maximum Gasteiger partial charge on any atom is 0.0998 e. The molecule has 0 aromatic heterocycles. The molecule has 0 radical (unpaired) electrons. The second-order valence-corrected chi connectivity index (χ2v) is 5.84. The van der Waals surface area contributed by atoms with Gasteiger partial charge < -0.3 is 0 Å². The van der Waals surface area contributed by atoms with E-state index in [0.717, 1.165) is 33.2 Å². The number of nitrogens with zero attached hydrogens (tertiary/aromatic N) is 1. The lowest BCUT2D eigenvalue weighted by atomic mass is 9.81. The average molecular weight is 331 g/mol. The summed E-state index contributed by atoms with van der Waals surface area (Å²) in [5.74, 6) is 0. The van der Waals surface area contributed by atoms with E-state index in [2.05, 4.69) is 34.6 Å². The van der Waals surface area contributed by atoms with Crippen molar-refractivity contribution in [2.24, 2.45) is 0 Å². The Morgan fingerprint density at radius 2 is 2.05 bits per heavy atom. The van der Waals surface area contributed by atoms with E-state index in [4.69, 9.17) is 11.6 Å². The van der Waals surface area contributed by atoms with Crippen LogP contribution in [0.15, 0.2) is 41.4 Å². The minimum atomic E-state index is 0.637. The van der Waals surface area contributed by atoms with Crippen molar-refractivity contribution < 1.29 is 0 Å². The first-order chi connectivity index (χ1) is 9.11. The summed E-state index contributed by atoms with van der Waals surface area (Å²) in [4.78, 5) is 0. The Hall–Kier alpha value is -1.56. The van der Waals surface area contributed by atoms with Gasteiger partial charge in [0.2, 0.25) is 0 Å². The largest absolute Gasteiger partial charge is 0.192 e. The standard InChI is InChI=1S/C16H9BrClN/c1-9-13-4-3-12(17)6-11(13)7-14-15(18)5-2-10(8-19)16(9)14/h2-6H,1,7H2. The molecule has 0 N–H and O–H groups in total. The molecular formula is C16H9BrClN. The van der Waals surface area contributed by atoms with Crippen molar-refractivity contribution in [3.63, 3.8) is 0 Å². The molecule has 1 aliphatic carbocycles. The zero-order chi connectivity index (χ0) is 13.6. The molecular weight excluding hydrogens is 322 g/mol. The fourth-order valence-electron chi connectivity index (χ4n) is 2.56. The van der Waals surface area contributed by atoms with Gasteiger partial charge in [0.15, 0.2) is 0 Å². The van der Waals surface area contributed by atoms with Crippen molar-refractivity contribution in [2.75, 3.05) is 0 Å². The van der Waals surface area contributed by atoms with E-state index < -0.39 is 0 Å². The number of nitriles is 1. The van der Waals surface area contributed by atoms with Crippen LogP contribution in [0, 0.1) is 11.3 Å². The number of hydrogen-bond acceptors (Lipinski definition) is 1. The van der Waals surface area contributed by atoms with Gasteiger partial charge in [0.1, 0.15) is 0 Å². The van der Waals surface area contributed by atoms with Crippen LogP contribution in [-0.4, -0.2) is 0 Å². The van der Waals surface area contributed by atoms with Gasteiger partial charge in [-0.15, -0.1) is 0 Å². The number of halogens is 2. The van der Waals surface area contributed by atoms with Crippen LogP contribution in [0.1, 0.15) is 27.8 Å². The van der Waals surface area contributed by atoms with Crippen LogP contribution in [0.4, 0.5) is 0 Å². The minimum Gasteiger partial charge on any atom is -0.192 e. The highest BCUT2D eigenvalue weighted by atomic mass is 79.9. The molecule has 0 atom stereocenters. The Morgan fingerprint density at radius 3 is 2.79 bits per heavy atom. The molecule has 2 aromatic rings. The van der Waals surface area contributed by atoms with Crippen molar-refractivity contribution in [3.05, 3.63) is 74.2 Å². The molecule has 2 aromatic carbocycles. The topological polar surface area (TPSA) is 23.8 Å². The highest BCUT2D eigenvalue weighted by molar-refractivity contribution is 9.10. The number of fused-ring (bicyclic) bond motifs is 2. The normalized spacial score (nSPS) is 12.6. The SMILES string of the molecule is C=C1c2ccc(Br)cc2Cc2c(Cl)ccc(C#N)c21. The summed E-state index contributed by atoms with van der Waals surface area (Å²) in [5.41, 5.74) is 5.68. The highest BCUT2D eigenvalue weighted by Gasteiger charge is 2.23. The third kappa shape index (κ3) is 1.90. The highest BCUT2D eigenvalue weighted by Crippen LogP contribution is 2.40. The molecule has 0 aliphatic heterocycles. The van der Waals surface area contributed by atoms with Gasteiger partial charge in [0.05, 0.1) is 11.6 Å². The maximum atomic E-state index is 9.25. The first-order valence-electron chi connectivity index (χ1n) is 5.81. The van der Waals surface area contributed by atoms with E-state index in [0.29, 0.717) is 10.6 Å². The van der Waals surface area contributed by atoms with Crippen LogP contribution in [0.2, 0.25) is 5.02 Å². The first kappa shape index (κ1) is 12.5. The van der Waals surface area contributed by atoms with Crippen molar-refractivity contribution in [1.29, 1.82) is 5.26 Å². The summed E-state index contributed by atoms with van der Waals surface area (Å²) in [6.07, 6.45) is 0.734. The third-order valence-corrected chi connectivity index (χ3v) is 4.28. The van der Waals surface area contributed by atoms with Gasteiger partial charge in [0, 0.05) is 21.5 Å². The quantitative estimate of drug-likeness (QED) is 0.573. The van der Waals surface area contributed by atoms with E-state index in [1.165, 1.54) is 5.56 Å². The van der Waals surface area contributed by atoms with Crippen LogP contribution < -0.4 is 0 Å². The summed E-state index contributed by atoms with van der Waals surface area (Å²) in [6, 6.07) is 11.9. The average Bonchev–Trinajstić information content (AvgIpc) is 2.40. The zero-order valence-electron chi connectivity index (χ0n) is 10.0. The second kappa shape index (κ2) is 4.52. The summed E-state index contributed by atoms with van der Waals surface area (Å²) < 4.78 is 1.04. The lowest BCUT2D eigenvalue weighted by Crippen LogP contribution is -2.08. The van der Waals surface area contributed by atoms with Gasteiger partial charge in [-0.3, -0.25) is 0 Å². The third-order valence-electron chi connectivity index (χ3n) is 3.44. The van der Waals surface area contributed by atoms with Gasteiger partial charge in [-0.1, -0.05) is 40.2 Å². The molecule has 0 saturated heterocycles. The number of benzene rings is 2. The molecule has 0 heterocycles. The van der Waals surface area contributed by atoms with Gasteiger partial charge in [-0.2, -0.15) is 5.26 Å².